The molecule has 0 saturated heterocycles. The van der Waals surface area contributed by atoms with E-state index in [-0.39, 0.29) is 5.56 Å². The Morgan fingerprint density at radius 3 is 2.67 bits per heavy atom. The second-order valence-electron chi connectivity index (χ2n) is 10.3. The topological polar surface area (TPSA) is 94.1 Å². The third kappa shape index (κ3) is 6.01. The van der Waals surface area contributed by atoms with Crippen molar-refractivity contribution in [3.8, 4) is 11.8 Å². The number of halogens is 1. The predicted molar refractivity (Wildman–Crippen MR) is 164 cm³/mol. The molecule has 0 atom stereocenters. The molecule has 6 aromatic rings. The van der Waals surface area contributed by atoms with Gasteiger partial charge in [-0.2, -0.15) is 5.10 Å². The first-order valence-electron chi connectivity index (χ1n) is 13.8. The molecule has 214 valence electrons. The molecule has 0 aliphatic carbocycles. The summed E-state index contributed by atoms with van der Waals surface area (Å²) < 4.78 is 20.6. The van der Waals surface area contributed by atoms with Gasteiger partial charge in [0.2, 0.25) is 0 Å². The van der Waals surface area contributed by atoms with Gasteiger partial charge in [0.15, 0.2) is 5.65 Å². The molecule has 1 amide bonds. The number of hydrogen-bond acceptors (Lipinski definition) is 5. The van der Waals surface area contributed by atoms with Crippen molar-refractivity contribution < 1.29 is 9.18 Å². The molecule has 0 fully saturated rings. The molecule has 6 rings (SSSR count). The highest BCUT2D eigenvalue weighted by molar-refractivity contribution is 6.04. The summed E-state index contributed by atoms with van der Waals surface area (Å²) in [5.41, 5.74) is 6.79. The van der Waals surface area contributed by atoms with Gasteiger partial charge in [-0.3, -0.25) is 13.9 Å². The molecular formula is C33H29FN8O. The van der Waals surface area contributed by atoms with E-state index in [1.807, 2.05) is 65.8 Å². The summed E-state index contributed by atoms with van der Waals surface area (Å²) in [6.45, 7) is 4.43. The molecule has 4 heterocycles. The number of imidazole rings is 2. The van der Waals surface area contributed by atoms with Gasteiger partial charge in [0.1, 0.15) is 11.5 Å². The Bertz CT molecular complexity index is 2010. The van der Waals surface area contributed by atoms with Crippen LogP contribution in [0.2, 0.25) is 0 Å². The molecule has 9 nitrogen and oxygen atoms in total. The highest BCUT2D eigenvalue weighted by Gasteiger charge is 2.16. The first-order chi connectivity index (χ1) is 20.9. The van der Waals surface area contributed by atoms with E-state index >= 15 is 4.39 Å². The Morgan fingerprint density at radius 1 is 1.05 bits per heavy atom. The number of nitrogens with one attached hydrogen (secondary N) is 2. The minimum absolute atomic E-state index is 0.0749. The number of rotatable bonds is 7. The minimum atomic E-state index is -0.605. The van der Waals surface area contributed by atoms with Crippen molar-refractivity contribution in [3.63, 3.8) is 0 Å². The maximum absolute atomic E-state index is 15.1. The predicted octanol–water partition coefficient (Wildman–Crippen LogP) is 5.72. The monoisotopic (exact) mass is 572 g/mol. The zero-order valence-corrected chi connectivity index (χ0v) is 24.0. The van der Waals surface area contributed by atoms with E-state index in [9.17, 15) is 4.79 Å². The molecule has 0 saturated carbocycles. The summed E-state index contributed by atoms with van der Waals surface area (Å²) in [7, 11) is 1.85. The first-order valence-corrected chi connectivity index (χ1v) is 13.8. The summed E-state index contributed by atoms with van der Waals surface area (Å²) in [5.74, 6) is 5.12. The minimum Gasteiger partial charge on any atom is -0.350 e. The van der Waals surface area contributed by atoms with Crippen LogP contribution < -0.4 is 10.6 Å². The summed E-state index contributed by atoms with van der Waals surface area (Å²) in [4.78, 5) is 21.9. The molecule has 0 aliphatic heterocycles. The van der Waals surface area contributed by atoms with Crippen molar-refractivity contribution in [2.45, 2.75) is 26.8 Å². The van der Waals surface area contributed by atoms with Crippen LogP contribution in [0.3, 0.4) is 0 Å². The van der Waals surface area contributed by atoms with Crippen LogP contribution in [-0.2, 0) is 20.0 Å². The van der Waals surface area contributed by atoms with Crippen molar-refractivity contribution in [3.05, 3.63) is 125 Å². The molecule has 2 aromatic carbocycles. The van der Waals surface area contributed by atoms with Crippen LogP contribution in [0.5, 0.6) is 0 Å². The molecule has 0 bridgehead atoms. The number of amides is 1. The van der Waals surface area contributed by atoms with Crippen molar-refractivity contribution in [1.29, 1.82) is 0 Å². The maximum Gasteiger partial charge on any atom is 0.258 e. The Kier molecular flexibility index (Phi) is 7.45. The lowest BCUT2D eigenvalue weighted by Crippen LogP contribution is -2.15. The number of aryl methyl sites for hydroxylation is 3. The fourth-order valence-corrected chi connectivity index (χ4v) is 4.87. The average Bonchev–Trinajstić information content (AvgIpc) is 3.75. The molecule has 0 aliphatic rings. The number of nitrogens with zero attached hydrogens (tertiary/aromatic N) is 6. The van der Waals surface area contributed by atoms with E-state index < -0.39 is 11.7 Å². The number of carbonyl (C=O) groups is 1. The van der Waals surface area contributed by atoms with Crippen LogP contribution in [0.25, 0.3) is 5.65 Å². The van der Waals surface area contributed by atoms with Crippen molar-refractivity contribution in [2.24, 2.45) is 7.05 Å². The number of pyridine rings is 1. The molecule has 2 N–H and O–H groups in total. The molecule has 10 heteroatoms. The van der Waals surface area contributed by atoms with Gasteiger partial charge >= 0.3 is 0 Å². The van der Waals surface area contributed by atoms with Gasteiger partial charge in [-0.25, -0.2) is 14.4 Å². The quantitative estimate of drug-likeness (QED) is 0.239. The molecule has 43 heavy (non-hydrogen) atoms. The van der Waals surface area contributed by atoms with E-state index in [1.165, 1.54) is 12.1 Å². The van der Waals surface area contributed by atoms with Gasteiger partial charge in [-0.05, 0) is 72.4 Å². The lowest BCUT2D eigenvalue weighted by molar-refractivity contribution is 0.102. The summed E-state index contributed by atoms with van der Waals surface area (Å²) in [6, 6.07) is 12.6. The molecule has 0 unspecified atom stereocenters. The average molecular weight is 573 g/mol. The van der Waals surface area contributed by atoms with Gasteiger partial charge < -0.3 is 15.2 Å². The van der Waals surface area contributed by atoms with E-state index in [0.717, 1.165) is 28.9 Å². The fraction of sp³-hybridized carbons (Fsp3) is 0.152. The second-order valence-corrected chi connectivity index (χ2v) is 10.3. The Morgan fingerprint density at radius 2 is 1.91 bits per heavy atom. The van der Waals surface area contributed by atoms with Gasteiger partial charge in [0.05, 0.1) is 35.7 Å². The molecule has 0 radical (unpaired) electrons. The number of benzene rings is 2. The van der Waals surface area contributed by atoms with Crippen LogP contribution in [0.4, 0.5) is 21.5 Å². The normalized spacial score (nSPS) is 10.9. The van der Waals surface area contributed by atoms with E-state index in [1.54, 1.807) is 36.5 Å². The van der Waals surface area contributed by atoms with E-state index in [0.29, 0.717) is 34.7 Å². The van der Waals surface area contributed by atoms with Crippen molar-refractivity contribution in [1.82, 2.24) is 28.7 Å². The number of carbonyl (C=O) groups excluding carboxylic acids is 1. The lowest BCUT2D eigenvalue weighted by Gasteiger charge is -2.12. The summed E-state index contributed by atoms with van der Waals surface area (Å²) in [6.07, 6.45) is 13.3. The summed E-state index contributed by atoms with van der Waals surface area (Å²) >= 11 is 0. The van der Waals surface area contributed by atoms with Crippen LogP contribution >= 0.6 is 0 Å². The lowest BCUT2D eigenvalue weighted by atomic mass is 10.0. The number of aromatic nitrogens is 6. The van der Waals surface area contributed by atoms with Crippen molar-refractivity contribution >= 4 is 28.6 Å². The van der Waals surface area contributed by atoms with Crippen LogP contribution in [0, 0.1) is 24.6 Å². The highest BCUT2D eigenvalue weighted by atomic mass is 19.1. The van der Waals surface area contributed by atoms with E-state index in [4.69, 9.17) is 0 Å². The maximum atomic E-state index is 15.1. The van der Waals surface area contributed by atoms with Crippen LogP contribution in [-0.4, -0.2) is 34.6 Å². The number of fused-ring (bicyclic) bond motifs is 1. The van der Waals surface area contributed by atoms with E-state index in [2.05, 4.69) is 43.6 Å². The largest absolute Gasteiger partial charge is 0.350 e. The smallest absolute Gasteiger partial charge is 0.258 e. The summed E-state index contributed by atoms with van der Waals surface area (Å²) in [5, 5.41) is 10.4. The highest BCUT2D eigenvalue weighted by Crippen LogP contribution is 2.23. The molecule has 0 spiro atoms. The van der Waals surface area contributed by atoms with Gasteiger partial charge in [0.25, 0.3) is 5.91 Å². The Hall–Kier alpha value is -5.69. The third-order valence-electron chi connectivity index (χ3n) is 7.05. The second kappa shape index (κ2) is 11.7. The van der Waals surface area contributed by atoms with Gasteiger partial charge in [-0.1, -0.05) is 18.9 Å². The standard InChI is InChI=1S/C33H29FN8O/c1-4-23-13-24(19-41-11-9-35-21-41)15-26(14-23)39-33(43)29-16-25(22(2)12-30(29)34)7-8-28-18-36-32-31(6-5-10-42(28)32)38-27-17-37-40(3)20-27/h5-6,9-18,20-21,38H,4,19H2,1-3H3,(H,39,43). The van der Waals surface area contributed by atoms with Gasteiger partial charge in [-0.15, -0.1) is 0 Å². The van der Waals surface area contributed by atoms with Gasteiger partial charge in [0, 0.05) is 49.6 Å². The first kappa shape index (κ1) is 27.5. The number of hydrogen-bond donors (Lipinski definition) is 2. The number of anilines is 3. The fourth-order valence-electron chi connectivity index (χ4n) is 4.87. The SMILES string of the molecule is CCc1cc(Cn2ccnc2)cc(NC(=O)c2cc(C#Cc3cnc4c(Nc5cnn(C)c5)cccn34)c(C)cc2F)c1. The molecule has 4 aromatic heterocycles. The third-order valence-corrected chi connectivity index (χ3v) is 7.05. The van der Waals surface area contributed by atoms with Crippen molar-refractivity contribution in [2.75, 3.05) is 10.6 Å². The van der Waals surface area contributed by atoms with Crippen LogP contribution in [0.1, 0.15) is 45.2 Å². The molecular weight excluding hydrogens is 543 g/mol. The zero-order chi connectivity index (χ0) is 29.9. The Balaban J connectivity index is 1.26. The Labute approximate surface area is 248 Å². The van der Waals surface area contributed by atoms with Crippen LogP contribution in [0.15, 0.2) is 86.0 Å². The zero-order valence-electron chi connectivity index (χ0n) is 24.0.